The predicted molar refractivity (Wildman–Crippen MR) is 106 cm³/mol. The van der Waals surface area contributed by atoms with E-state index in [1.165, 1.54) is 37.7 Å². The zero-order chi connectivity index (χ0) is 17.7. The van der Waals surface area contributed by atoms with Crippen molar-refractivity contribution < 1.29 is 9.84 Å². The molecular weight excluding hydrogens is 330 g/mol. The number of hydrogen-bond acceptors (Lipinski definition) is 4. The van der Waals surface area contributed by atoms with E-state index in [4.69, 9.17) is 10.5 Å². The summed E-state index contributed by atoms with van der Waals surface area (Å²) in [5.41, 5.74) is 10.4. The number of thioether (sulfide) groups is 1. The molecule has 1 aromatic rings. The van der Waals surface area contributed by atoms with Gasteiger partial charge in [-0.25, -0.2) is 0 Å². The van der Waals surface area contributed by atoms with Crippen molar-refractivity contribution in [1.82, 2.24) is 0 Å². The topological polar surface area (TPSA) is 55.5 Å². The highest BCUT2D eigenvalue weighted by Gasteiger charge is 2.36. The highest BCUT2D eigenvalue weighted by molar-refractivity contribution is 7.98. The normalized spacial score (nSPS) is 28.9. The van der Waals surface area contributed by atoms with Gasteiger partial charge < -0.3 is 15.6 Å². The summed E-state index contributed by atoms with van der Waals surface area (Å²) in [7, 11) is 0. The van der Waals surface area contributed by atoms with E-state index >= 15 is 0 Å². The number of rotatable bonds is 8. The van der Waals surface area contributed by atoms with Crippen LogP contribution >= 0.6 is 11.8 Å². The summed E-state index contributed by atoms with van der Waals surface area (Å²) in [6, 6.07) is 7.11. The largest absolute Gasteiger partial charge is 0.394 e. The second-order valence-electron chi connectivity index (χ2n) is 8.05. The van der Waals surface area contributed by atoms with E-state index in [2.05, 4.69) is 24.5 Å². The molecule has 0 aromatic heterocycles. The zero-order valence-electron chi connectivity index (χ0n) is 15.5. The third-order valence-electron chi connectivity index (χ3n) is 6.09. The first kappa shape index (κ1) is 19.2. The van der Waals surface area contributed by atoms with Crippen molar-refractivity contribution in [2.45, 2.75) is 62.8 Å². The summed E-state index contributed by atoms with van der Waals surface area (Å²) in [6.07, 6.45) is 11.2. The lowest BCUT2D eigenvalue weighted by molar-refractivity contribution is 0.171. The van der Waals surface area contributed by atoms with Crippen molar-refractivity contribution in [2.24, 2.45) is 11.7 Å². The Hall–Kier alpha value is -0.550. The van der Waals surface area contributed by atoms with Gasteiger partial charge in [0, 0.05) is 12.1 Å². The molecule has 0 amide bonds. The lowest BCUT2D eigenvalue weighted by Gasteiger charge is -2.26. The minimum atomic E-state index is -0.357. The average molecular weight is 364 g/mol. The molecule has 0 radical (unpaired) electrons. The van der Waals surface area contributed by atoms with Crippen molar-refractivity contribution in [3.8, 4) is 0 Å². The molecule has 1 saturated carbocycles. The van der Waals surface area contributed by atoms with Crippen LogP contribution in [0.5, 0.6) is 0 Å². The van der Waals surface area contributed by atoms with Gasteiger partial charge in [-0.15, -0.1) is 11.8 Å². The van der Waals surface area contributed by atoms with Crippen LogP contribution in [0.4, 0.5) is 0 Å². The Labute approximate surface area is 156 Å². The summed E-state index contributed by atoms with van der Waals surface area (Å²) in [4.78, 5) is 0. The van der Waals surface area contributed by atoms with Gasteiger partial charge in [-0.05, 0) is 86.1 Å². The van der Waals surface area contributed by atoms with Gasteiger partial charge in [0.05, 0.1) is 12.5 Å². The van der Waals surface area contributed by atoms with Crippen LogP contribution in [0.15, 0.2) is 18.2 Å². The van der Waals surface area contributed by atoms with Crippen LogP contribution in [-0.2, 0) is 17.6 Å². The average Bonchev–Trinajstić information content (AvgIpc) is 3.04. The Morgan fingerprint density at radius 1 is 1.32 bits per heavy atom. The Bertz CT molecular complexity index is 565. The van der Waals surface area contributed by atoms with E-state index < -0.39 is 0 Å². The molecule has 0 aliphatic heterocycles. The molecule has 3 rings (SSSR count). The van der Waals surface area contributed by atoms with Crippen molar-refractivity contribution >= 4 is 11.8 Å². The van der Waals surface area contributed by atoms with Gasteiger partial charge in [0.2, 0.25) is 0 Å². The Morgan fingerprint density at radius 3 is 2.96 bits per heavy atom. The van der Waals surface area contributed by atoms with Crippen molar-refractivity contribution in [2.75, 3.05) is 25.4 Å². The molecule has 25 heavy (non-hydrogen) atoms. The summed E-state index contributed by atoms with van der Waals surface area (Å²) in [5.74, 6) is 2.15. The first-order valence-electron chi connectivity index (χ1n) is 9.71. The van der Waals surface area contributed by atoms with Crippen LogP contribution < -0.4 is 5.73 Å². The monoisotopic (exact) mass is 363 g/mol. The third kappa shape index (κ3) is 5.00. The van der Waals surface area contributed by atoms with E-state index in [0.29, 0.717) is 5.92 Å². The van der Waals surface area contributed by atoms with Crippen LogP contribution in [0.3, 0.4) is 0 Å². The minimum absolute atomic E-state index is 0.108. The molecule has 0 heterocycles. The molecule has 3 atom stereocenters. The Kier molecular flexibility index (Phi) is 6.84. The van der Waals surface area contributed by atoms with Crippen molar-refractivity contribution in [3.05, 3.63) is 34.9 Å². The lowest BCUT2D eigenvalue weighted by atomic mass is 9.80. The maximum atomic E-state index is 9.49. The smallest absolute Gasteiger partial charge is 0.0918 e. The molecular formula is C21H33NO2S. The van der Waals surface area contributed by atoms with Crippen molar-refractivity contribution in [3.63, 3.8) is 0 Å². The Balaban J connectivity index is 1.53. The molecule has 1 fully saturated rings. The fraction of sp³-hybridized carbons (Fsp3) is 0.714. The van der Waals surface area contributed by atoms with Gasteiger partial charge in [-0.3, -0.25) is 0 Å². The van der Waals surface area contributed by atoms with Gasteiger partial charge in [-0.2, -0.15) is 0 Å². The first-order chi connectivity index (χ1) is 12.1. The van der Waals surface area contributed by atoms with Gasteiger partial charge in [0.1, 0.15) is 0 Å². The number of ether oxygens (including phenoxy) is 1. The highest BCUT2D eigenvalue weighted by Crippen LogP contribution is 2.40. The van der Waals surface area contributed by atoms with E-state index in [9.17, 15) is 5.11 Å². The molecule has 2 aliphatic carbocycles. The third-order valence-corrected chi connectivity index (χ3v) is 6.50. The van der Waals surface area contributed by atoms with Crippen LogP contribution in [0.1, 0.15) is 61.1 Å². The molecule has 140 valence electrons. The highest BCUT2D eigenvalue weighted by atomic mass is 32.2. The van der Waals surface area contributed by atoms with Crippen LogP contribution in [0.25, 0.3) is 0 Å². The van der Waals surface area contributed by atoms with E-state index in [1.54, 1.807) is 22.9 Å². The van der Waals surface area contributed by atoms with E-state index in [0.717, 1.165) is 37.7 Å². The molecule has 3 N–H and O–H groups in total. The second-order valence-corrected chi connectivity index (χ2v) is 8.87. The molecule has 0 saturated heterocycles. The predicted octanol–water partition coefficient (Wildman–Crippen LogP) is 3.87. The van der Waals surface area contributed by atoms with Crippen molar-refractivity contribution in [1.29, 1.82) is 0 Å². The zero-order valence-corrected chi connectivity index (χ0v) is 16.3. The van der Waals surface area contributed by atoms with Gasteiger partial charge in [0.25, 0.3) is 0 Å². The summed E-state index contributed by atoms with van der Waals surface area (Å²) >= 11 is 1.75. The lowest BCUT2D eigenvalue weighted by Crippen LogP contribution is -2.40. The van der Waals surface area contributed by atoms with Gasteiger partial charge >= 0.3 is 0 Å². The molecule has 3 nitrogen and oxygen atoms in total. The van der Waals surface area contributed by atoms with Crippen LogP contribution in [0, 0.1) is 5.92 Å². The van der Waals surface area contributed by atoms with E-state index in [1.807, 2.05) is 0 Å². The summed E-state index contributed by atoms with van der Waals surface area (Å²) in [5, 5.41) is 9.49. The minimum Gasteiger partial charge on any atom is -0.394 e. The molecule has 0 bridgehead atoms. The van der Waals surface area contributed by atoms with Gasteiger partial charge in [-0.1, -0.05) is 18.2 Å². The molecule has 1 aromatic carbocycles. The fourth-order valence-corrected chi connectivity index (χ4v) is 4.84. The van der Waals surface area contributed by atoms with Crippen LogP contribution in [-0.4, -0.2) is 36.1 Å². The molecule has 1 unspecified atom stereocenters. The maximum absolute atomic E-state index is 9.49. The second kappa shape index (κ2) is 8.90. The number of fused-ring (bicyclic) bond motifs is 1. The van der Waals surface area contributed by atoms with Gasteiger partial charge in [0.15, 0.2) is 0 Å². The number of aliphatic hydroxyl groups excluding tert-OH is 1. The maximum Gasteiger partial charge on any atom is 0.0918 e. The molecule has 0 spiro atoms. The molecule has 2 aliphatic rings. The number of aryl methyl sites for hydroxylation is 1. The quantitative estimate of drug-likeness (QED) is 0.544. The van der Waals surface area contributed by atoms with E-state index in [-0.39, 0.29) is 12.1 Å². The number of aliphatic hydroxyl groups is 1. The SMILES string of the molecule is CSCOCCCC1CCc2cc([C@H]3CC[C@](N)(CO)C3)ccc2C1. The standard InChI is InChI=1S/C21H33NO2S/c1-25-15-24-10-2-3-16-4-5-18-12-19(7-6-17(18)11-16)20-8-9-21(22,13-20)14-23/h6-7,12,16,20,23H,2-5,8-11,13-15,22H2,1H3/t16?,20-,21+/m0/s1. The number of nitrogens with two attached hydrogens (primary N) is 1. The number of benzene rings is 1. The fourth-order valence-electron chi connectivity index (χ4n) is 4.55. The summed E-state index contributed by atoms with van der Waals surface area (Å²) < 4.78 is 5.58. The Morgan fingerprint density at radius 2 is 2.20 bits per heavy atom. The first-order valence-corrected chi connectivity index (χ1v) is 11.1. The number of hydrogen-bond donors (Lipinski definition) is 2. The van der Waals surface area contributed by atoms with Crippen LogP contribution in [0.2, 0.25) is 0 Å². The molecule has 4 heteroatoms. The summed E-state index contributed by atoms with van der Waals surface area (Å²) in [6.45, 7) is 1.01.